The van der Waals surface area contributed by atoms with Gasteiger partial charge in [0.25, 0.3) is 5.91 Å². The molecule has 1 aromatic rings. The Kier molecular flexibility index (Phi) is 6.77. The SMILES string of the molecule is CCCCCC/C=N/NC(=O)c1cccc(C)c1. The van der Waals surface area contributed by atoms with Crippen LogP contribution in [0.1, 0.15) is 54.9 Å². The third kappa shape index (κ3) is 5.62. The molecule has 0 aliphatic carbocycles. The van der Waals surface area contributed by atoms with Crippen LogP contribution in [0.2, 0.25) is 0 Å². The quantitative estimate of drug-likeness (QED) is 0.445. The Morgan fingerprint density at radius 2 is 2.17 bits per heavy atom. The molecular formula is C15H22N2O. The molecule has 0 bridgehead atoms. The van der Waals surface area contributed by atoms with Gasteiger partial charge in [0, 0.05) is 11.8 Å². The van der Waals surface area contributed by atoms with Crippen LogP contribution in [-0.4, -0.2) is 12.1 Å². The summed E-state index contributed by atoms with van der Waals surface area (Å²) in [6.45, 7) is 4.16. The number of carbonyl (C=O) groups is 1. The Morgan fingerprint density at radius 3 is 2.89 bits per heavy atom. The van der Waals surface area contributed by atoms with Gasteiger partial charge in [0.05, 0.1) is 0 Å². The standard InChI is InChI=1S/C15H22N2O/c1-3-4-5-6-7-11-16-17-15(18)14-10-8-9-13(2)12-14/h8-12H,3-7H2,1-2H3,(H,17,18)/b16-11+. The highest BCUT2D eigenvalue weighted by atomic mass is 16.2. The second-order valence-corrected chi connectivity index (χ2v) is 4.47. The van der Waals surface area contributed by atoms with E-state index in [0.717, 1.165) is 18.4 Å². The van der Waals surface area contributed by atoms with Crippen molar-refractivity contribution in [1.82, 2.24) is 5.43 Å². The lowest BCUT2D eigenvalue weighted by atomic mass is 10.1. The van der Waals surface area contributed by atoms with Gasteiger partial charge in [0.2, 0.25) is 0 Å². The molecule has 0 fully saturated rings. The van der Waals surface area contributed by atoms with Gasteiger partial charge in [-0.1, -0.05) is 43.9 Å². The molecule has 0 radical (unpaired) electrons. The van der Waals surface area contributed by atoms with Crippen LogP contribution >= 0.6 is 0 Å². The molecule has 0 heterocycles. The molecule has 1 aromatic carbocycles. The average Bonchev–Trinajstić information content (AvgIpc) is 2.37. The van der Waals surface area contributed by atoms with Gasteiger partial charge in [-0.3, -0.25) is 4.79 Å². The molecule has 0 unspecified atom stereocenters. The normalized spacial score (nSPS) is 10.8. The highest BCUT2D eigenvalue weighted by molar-refractivity contribution is 5.94. The molecule has 0 saturated heterocycles. The number of nitrogens with one attached hydrogen (secondary N) is 1. The third-order valence-electron chi connectivity index (χ3n) is 2.72. The molecule has 1 rings (SSSR count). The van der Waals surface area contributed by atoms with Crippen LogP contribution in [-0.2, 0) is 0 Å². The Morgan fingerprint density at radius 1 is 1.33 bits per heavy atom. The fourth-order valence-electron chi connectivity index (χ4n) is 1.68. The first-order valence-corrected chi connectivity index (χ1v) is 6.62. The number of rotatable bonds is 7. The second-order valence-electron chi connectivity index (χ2n) is 4.47. The van der Waals surface area contributed by atoms with Crippen LogP contribution in [0.25, 0.3) is 0 Å². The number of amides is 1. The summed E-state index contributed by atoms with van der Waals surface area (Å²) >= 11 is 0. The Balaban J connectivity index is 2.26. The number of benzene rings is 1. The number of aryl methyl sites for hydroxylation is 1. The molecule has 0 aliphatic heterocycles. The lowest BCUT2D eigenvalue weighted by Crippen LogP contribution is -2.17. The smallest absolute Gasteiger partial charge is 0.267 e. The summed E-state index contributed by atoms with van der Waals surface area (Å²) in [5, 5.41) is 3.95. The largest absolute Gasteiger partial charge is 0.271 e. The minimum atomic E-state index is -0.150. The van der Waals surface area contributed by atoms with E-state index in [-0.39, 0.29) is 5.91 Å². The van der Waals surface area contributed by atoms with Crippen LogP contribution in [0.3, 0.4) is 0 Å². The first kappa shape index (κ1) is 14.4. The zero-order valence-electron chi connectivity index (χ0n) is 11.3. The molecule has 98 valence electrons. The molecule has 0 aliphatic rings. The molecule has 1 N–H and O–H groups in total. The maximum atomic E-state index is 11.7. The van der Waals surface area contributed by atoms with Crippen molar-refractivity contribution in [2.24, 2.45) is 5.10 Å². The summed E-state index contributed by atoms with van der Waals surface area (Å²) in [4.78, 5) is 11.7. The average molecular weight is 246 g/mol. The number of hydrogen-bond donors (Lipinski definition) is 1. The van der Waals surface area contributed by atoms with Crippen LogP contribution < -0.4 is 5.43 Å². The van der Waals surface area contributed by atoms with E-state index in [4.69, 9.17) is 0 Å². The van der Waals surface area contributed by atoms with Crippen molar-refractivity contribution in [2.75, 3.05) is 0 Å². The summed E-state index contributed by atoms with van der Waals surface area (Å²) < 4.78 is 0. The molecule has 3 heteroatoms. The van der Waals surface area contributed by atoms with Gasteiger partial charge in [-0.15, -0.1) is 0 Å². The van der Waals surface area contributed by atoms with Gasteiger partial charge in [-0.2, -0.15) is 5.10 Å². The van der Waals surface area contributed by atoms with Crippen LogP contribution in [0.15, 0.2) is 29.4 Å². The lowest BCUT2D eigenvalue weighted by Gasteiger charge is -2.00. The van der Waals surface area contributed by atoms with Gasteiger partial charge in [0.1, 0.15) is 0 Å². The second kappa shape index (κ2) is 8.45. The van der Waals surface area contributed by atoms with Crippen LogP contribution in [0.4, 0.5) is 0 Å². The summed E-state index contributed by atoms with van der Waals surface area (Å²) in [7, 11) is 0. The van der Waals surface area contributed by atoms with Crippen molar-refractivity contribution in [1.29, 1.82) is 0 Å². The van der Waals surface area contributed by atoms with E-state index >= 15 is 0 Å². The van der Waals surface area contributed by atoms with Crippen LogP contribution in [0, 0.1) is 6.92 Å². The molecule has 0 spiro atoms. The molecule has 0 atom stereocenters. The van der Waals surface area contributed by atoms with E-state index in [1.807, 2.05) is 25.1 Å². The van der Waals surface area contributed by atoms with Gasteiger partial charge >= 0.3 is 0 Å². The highest BCUT2D eigenvalue weighted by Crippen LogP contribution is 2.03. The van der Waals surface area contributed by atoms with Gasteiger partial charge in [-0.05, 0) is 31.9 Å². The predicted octanol–water partition coefficient (Wildman–Crippen LogP) is 3.68. The maximum absolute atomic E-state index is 11.7. The number of carbonyl (C=O) groups excluding carboxylic acids is 1. The number of hydrazone groups is 1. The molecular weight excluding hydrogens is 224 g/mol. The number of hydrogen-bond acceptors (Lipinski definition) is 2. The highest BCUT2D eigenvalue weighted by Gasteiger charge is 2.02. The van der Waals surface area contributed by atoms with E-state index in [2.05, 4.69) is 17.5 Å². The van der Waals surface area contributed by atoms with Crippen molar-refractivity contribution in [3.05, 3.63) is 35.4 Å². The Labute approximate surface area is 109 Å². The first-order valence-electron chi connectivity index (χ1n) is 6.62. The Bertz CT molecular complexity index is 399. The molecule has 1 amide bonds. The Hall–Kier alpha value is -1.64. The molecule has 0 saturated carbocycles. The van der Waals surface area contributed by atoms with Crippen molar-refractivity contribution < 1.29 is 4.79 Å². The van der Waals surface area contributed by atoms with Gasteiger partial charge in [-0.25, -0.2) is 5.43 Å². The maximum Gasteiger partial charge on any atom is 0.271 e. The third-order valence-corrected chi connectivity index (χ3v) is 2.72. The van der Waals surface area contributed by atoms with Gasteiger partial charge in [0.15, 0.2) is 0 Å². The summed E-state index contributed by atoms with van der Waals surface area (Å²) in [6.07, 6.45) is 7.58. The lowest BCUT2D eigenvalue weighted by molar-refractivity contribution is 0.0955. The number of unbranched alkanes of at least 4 members (excludes halogenated alkanes) is 4. The number of nitrogens with zero attached hydrogens (tertiary/aromatic N) is 1. The van der Waals surface area contributed by atoms with Crippen molar-refractivity contribution >= 4 is 12.1 Å². The predicted molar refractivity (Wildman–Crippen MR) is 75.9 cm³/mol. The van der Waals surface area contributed by atoms with Crippen LogP contribution in [0.5, 0.6) is 0 Å². The topological polar surface area (TPSA) is 41.5 Å². The van der Waals surface area contributed by atoms with Crippen molar-refractivity contribution in [2.45, 2.75) is 46.0 Å². The van der Waals surface area contributed by atoms with E-state index in [0.29, 0.717) is 5.56 Å². The molecule has 0 aromatic heterocycles. The van der Waals surface area contributed by atoms with E-state index in [1.165, 1.54) is 19.3 Å². The first-order chi connectivity index (χ1) is 8.74. The summed E-state index contributed by atoms with van der Waals surface area (Å²) in [5.74, 6) is -0.150. The monoisotopic (exact) mass is 246 g/mol. The zero-order valence-corrected chi connectivity index (χ0v) is 11.3. The zero-order chi connectivity index (χ0) is 13.2. The van der Waals surface area contributed by atoms with Crippen molar-refractivity contribution in [3.8, 4) is 0 Å². The fourth-order valence-corrected chi connectivity index (χ4v) is 1.68. The summed E-state index contributed by atoms with van der Waals surface area (Å²) in [6, 6.07) is 7.48. The van der Waals surface area contributed by atoms with E-state index in [1.54, 1.807) is 12.3 Å². The fraction of sp³-hybridized carbons (Fsp3) is 0.467. The minimum Gasteiger partial charge on any atom is -0.267 e. The van der Waals surface area contributed by atoms with E-state index in [9.17, 15) is 4.79 Å². The van der Waals surface area contributed by atoms with E-state index < -0.39 is 0 Å². The van der Waals surface area contributed by atoms with Crippen molar-refractivity contribution in [3.63, 3.8) is 0 Å². The minimum absolute atomic E-state index is 0.150. The molecule has 18 heavy (non-hydrogen) atoms. The molecule has 3 nitrogen and oxygen atoms in total. The van der Waals surface area contributed by atoms with Gasteiger partial charge < -0.3 is 0 Å². The summed E-state index contributed by atoms with van der Waals surface area (Å²) in [5.41, 5.74) is 4.27.